The van der Waals surface area contributed by atoms with Gasteiger partial charge in [-0.25, -0.2) is 0 Å². The Morgan fingerprint density at radius 1 is 0.321 bits per heavy atom. The number of carbonyl (C=O) groups is 2. The molecule has 4 heteroatoms. The topological polar surface area (TPSA) is 34.1 Å². The highest BCUT2D eigenvalue weighted by atomic mass is 79.9. The molecule has 0 aliphatic heterocycles. The van der Waals surface area contributed by atoms with Gasteiger partial charge in [0, 0.05) is 31.2 Å². The van der Waals surface area contributed by atoms with E-state index in [1.807, 2.05) is 12.2 Å². The number of hydrogen-bond donors (Lipinski definition) is 0. The molecule has 2 aliphatic carbocycles. The van der Waals surface area contributed by atoms with E-state index in [-0.39, 0.29) is 11.6 Å². The molecule has 0 atom stereocenters. The second kappa shape index (κ2) is 11.7. The van der Waals surface area contributed by atoms with E-state index in [9.17, 15) is 9.59 Å². The predicted octanol–water partition coefficient (Wildman–Crippen LogP) is 14.5. The average molecular weight is 843 g/mol. The first kappa shape index (κ1) is 32.1. The zero-order chi connectivity index (χ0) is 37.4. The molecular formula is C52H26Br2O2. The van der Waals surface area contributed by atoms with Gasteiger partial charge in [0.25, 0.3) is 0 Å². The van der Waals surface area contributed by atoms with E-state index in [0.717, 1.165) is 117 Å². The second-order valence-electron chi connectivity index (χ2n) is 14.9. The van der Waals surface area contributed by atoms with Crippen LogP contribution in [-0.4, -0.2) is 11.6 Å². The van der Waals surface area contributed by atoms with Crippen LogP contribution < -0.4 is 0 Å². The molecule has 0 heterocycles. The van der Waals surface area contributed by atoms with Crippen molar-refractivity contribution in [1.29, 1.82) is 0 Å². The fraction of sp³-hybridized carbons (Fsp3) is 0. The summed E-state index contributed by atoms with van der Waals surface area (Å²) in [6.45, 7) is 0. The van der Waals surface area contributed by atoms with Crippen LogP contribution in [0.2, 0.25) is 0 Å². The largest absolute Gasteiger partial charge is 0.289 e. The van der Waals surface area contributed by atoms with Gasteiger partial charge < -0.3 is 0 Å². The summed E-state index contributed by atoms with van der Waals surface area (Å²) in [6, 6.07) is 47.2. The highest BCUT2D eigenvalue weighted by molar-refractivity contribution is 9.11. The lowest BCUT2D eigenvalue weighted by Crippen LogP contribution is -2.15. The van der Waals surface area contributed by atoms with Crippen molar-refractivity contribution >= 4 is 153 Å². The predicted molar refractivity (Wildman–Crippen MR) is 243 cm³/mol. The number of benzene rings is 10. The molecule has 0 fully saturated rings. The van der Waals surface area contributed by atoms with E-state index in [2.05, 4.69) is 165 Å². The van der Waals surface area contributed by atoms with E-state index in [4.69, 9.17) is 0 Å². The third-order valence-electron chi connectivity index (χ3n) is 12.0. The van der Waals surface area contributed by atoms with Gasteiger partial charge in [0.2, 0.25) is 0 Å². The van der Waals surface area contributed by atoms with E-state index >= 15 is 0 Å². The normalized spacial score (nSPS) is 15.4. The fourth-order valence-electron chi connectivity index (χ4n) is 9.65. The number of allylic oxidation sites excluding steroid dienone is 4. The molecule has 10 aromatic carbocycles. The summed E-state index contributed by atoms with van der Waals surface area (Å²) in [5.74, 6) is -0.362. The summed E-state index contributed by atoms with van der Waals surface area (Å²) >= 11 is 7.87. The van der Waals surface area contributed by atoms with Crippen molar-refractivity contribution in [1.82, 2.24) is 0 Å². The van der Waals surface area contributed by atoms with Crippen LogP contribution in [-0.2, 0) is 9.59 Å². The Morgan fingerprint density at radius 2 is 0.679 bits per heavy atom. The molecule has 0 saturated carbocycles. The molecule has 0 spiro atoms. The van der Waals surface area contributed by atoms with Crippen molar-refractivity contribution in [3.05, 3.63) is 177 Å². The maximum absolute atomic E-state index is 14.9. The van der Waals surface area contributed by atoms with Crippen molar-refractivity contribution in [2.75, 3.05) is 0 Å². The standard InChI is InChI=1S/C52H26Br2O2/c53-39-25-33-19-23-41(55)51(47(33)49-37(39)21-17-31-15-13-29-11-9-27-5-1-3-7-35(27)43(29)45(31)49)52-42(56)24-20-34-26-40(54)38-22-18-32-16-14-30-12-10-28-6-2-4-8-36(28)44(30)46(32)50(38)48(34)52/h1-26H/b52-51-. The molecule has 0 amide bonds. The van der Waals surface area contributed by atoms with Gasteiger partial charge in [-0.1, -0.05) is 165 Å². The van der Waals surface area contributed by atoms with Crippen molar-refractivity contribution in [3.63, 3.8) is 0 Å². The molecule has 2 nitrogen and oxygen atoms in total. The maximum atomic E-state index is 14.9. The number of fused-ring (bicyclic) bond motifs is 18. The first-order chi connectivity index (χ1) is 27.4. The first-order valence-corrected chi connectivity index (χ1v) is 20.2. The van der Waals surface area contributed by atoms with Crippen LogP contribution in [0.4, 0.5) is 0 Å². The van der Waals surface area contributed by atoms with E-state index in [1.54, 1.807) is 12.2 Å². The Hall–Kier alpha value is -6.20. The smallest absolute Gasteiger partial charge is 0.187 e. The summed E-state index contributed by atoms with van der Waals surface area (Å²) in [7, 11) is 0. The number of carbonyl (C=O) groups excluding carboxylic acids is 2. The minimum absolute atomic E-state index is 0.181. The molecule has 12 rings (SSSR count). The molecule has 0 N–H and O–H groups in total. The summed E-state index contributed by atoms with van der Waals surface area (Å²) in [6.07, 6.45) is 7.09. The number of ketones is 2. The fourth-order valence-corrected chi connectivity index (χ4v) is 10.8. The van der Waals surface area contributed by atoms with Crippen LogP contribution in [0.5, 0.6) is 0 Å². The van der Waals surface area contributed by atoms with Crippen molar-refractivity contribution in [2.24, 2.45) is 0 Å². The zero-order valence-electron chi connectivity index (χ0n) is 29.6. The molecule has 0 bridgehead atoms. The summed E-state index contributed by atoms with van der Waals surface area (Å²) in [4.78, 5) is 29.7. The van der Waals surface area contributed by atoms with Gasteiger partial charge in [0.1, 0.15) is 0 Å². The number of halogens is 2. The van der Waals surface area contributed by atoms with Gasteiger partial charge in [0.15, 0.2) is 11.6 Å². The van der Waals surface area contributed by atoms with Crippen molar-refractivity contribution in [2.45, 2.75) is 0 Å². The third-order valence-corrected chi connectivity index (χ3v) is 13.3. The lowest BCUT2D eigenvalue weighted by atomic mass is 9.76. The SMILES string of the molecule is O=C1C=Cc2cc(Br)c3ccc4ccc5ccc6ccccc6c5c4c3c2/C1=C1/C(=O)C=Cc2cc(Br)c3ccc4ccc5ccc6ccccc6c5c4c3c21. The molecular weight excluding hydrogens is 816 g/mol. The highest BCUT2D eigenvalue weighted by Crippen LogP contribution is 2.50. The van der Waals surface area contributed by atoms with Gasteiger partial charge in [-0.15, -0.1) is 0 Å². The van der Waals surface area contributed by atoms with Gasteiger partial charge in [-0.2, -0.15) is 0 Å². The summed E-state index contributed by atoms with van der Waals surface area (Å²) in [5.41, 5.74) is 4.23. The third kappa shape index (κ3) is 4.31. The zero-order valence-corrected chi connectivity index (χ0v) is 32.8. The molecule has 56 heavy (non-hydrogen) atoms. The lowest BCUT2D eigenvalue weighted by molar-refractivity contribution is -0.111. The Balaban J connectivity index is 1.33. The van der Waals surface area contributed by atoms with E-state index in [0.29, 0.717) is 11.1 Å². The Morgan fingerprint density at radius 3 is 1.11 bits per heavy atom. The van der Waals surface area contributed by atoms with Gasteiger partial charge in [-0.05, 0) is 122 Å². The Labute approximate surface area is 337 Å². The number of rotatable bonds is 0. The molecule has 10 aromatic rings. The van der Waals surface area contributed by atoms with Crippen LogP contribution in [0.25, 0.3) is 109 Å². The van der Waals surface area contributed by atoms with E-state index < -0.39 is 0 Å². The lowest BCUT2D eigenvalue weighted by Gasteiger charge is -2.26. The van der Waals surface area contributed by atoms with Crippen LogP contribution in [0.15, 0.2) is 155 Å². The molecule has 0 unspecified atom stereocenters. The second-order valence-corrected chi connectivity index (χ2v) is 16.6. The monoisotopic (exact) mass is 840 g/mol. The van der Waals surface area contributed by atoms with Gasteiger partial charge in [0.05, 0.1) is 0 Å². The summed E-state index contributed by atoms with van der Waals surface area (Å²) < 4.78 is 1.87. The Bertz CT molecular complexity index is 3390. The number of hydrogen-bond acceptors (Lipinski definition) is 2. The average Bonchev–Trinajstić information content (AvgIpc) is 3.23. The summed E-state index contributed by atoms with van der Waals surface area (Å²) in [5, 5.41) is 17.3. The molecule has 260 valence electrons. The minimum Gasteiger partial charge on any atom is -0.289 e. The molecule has 0 saturated heterocycles. The van der Waals surface area contributed by atoms with Crippen LogP contribution in [0.3, 0.4) is 0 Å². The van der Waals surface area contributed by atoms with E-state index in [1.165, 1.54) is 0 Å². The highest BCUT2D eigenvalue weighted by Gasteiger charge is 2.33. The minimum atomic E-state index is -0.181. The van der Waals surface area contributed by atoms with Crippen LogP contribution in [0.1, 0.15) is 22.3 Å². The van der Waals surface area contributed by atoms with Crippen LogP contribution in [0, 0.1) is 0 Å². The molecule has 2 aliphatic rings. The van der Waals surface area contributed by atoms with Gasteiger partial charge in [-0.3, -0.25) is 9.59 Å². The maximum Gasteiger partial charge on any atom is 0.187 e. The molecule has 0 radical (unpaired) electrons. The van der Waals surface area contributed by atoms with Gasteiger partial charge >= 0.3 is 0 Å². The van der Waals surface area contributed by atoms with Crippen molar-refractivity contribution < 1.29 is 9.59 Å². The first-order valence-electron chi connectivity index (χ1n) is 18.6. The van der Waals surface area contributed by atoms with Crippen LogP contribution >= 0.6 is 31.9 Å². The van der Waals surface area contributed by atoms with Crippen molar-refractivity contribution in [3.8, 4) is 0 Å². The quantitative estimate of drug-likeness (QED) is 0.113. The molecule has 0 aromatic heterocycles. The Kier molecular flexibility index (Phi) is 6.68.